The molecule has 1 atom stereocenters. The summed E-state index contributed by atoms with van der Waals surface area (Å²) >= 11 is 0. The van der Waals surface area contributed by atoms with Crippen LogP contribution in [0.2, 0.25) is 0 Å². The lowest BCUT2D eigenvalue weighted by atomic mass is 9.92. The molecule has 0 aliphatic rings. The van der Waals surface area contributed by atoms with Crippen LogP contribution in [0, 0.1) is 23.5 Å². The van der Waals surface area contributed by atoms with Crippen molar-refractivity contribution < 1.29 is 18.6 Å². The molecule has 0 spiro atoms. The molecular formula is C28H26F2N4O2. The molecule has 0 amide bonds. The number of halogens is 2. The van der Waals surface area contributed by atoms with E-state index in [0.29, 0.717) is 6.54 Å². The molecule has 0 aliphatic heterocycles. The largest absolute Gasteiger partial charge is 0.497 e. The Balaban J connectivity index is 1.46. The van der Waals surface area contributed by atoms with Gasteiger partial charge in [-0.2, -0.15) is 5.10 Å². The number of rotatable bonds is 8. The number of aromatic nitrogens is 3. The summed E-state index contributed by atoms with van der Waals surface area (Å²) in [4.78, 5) is 5.76. The van der Waals surface area contributed by atoms with Gasteiger partial charge in [-0.05, 0) is 55.1 Å². The minimum atomic E-state index is -1.66. The molecule has 1 heterocycles. The van der Waals surface area contributed by atoms with Gasteiger partial charge in [0.25, 0.3) is 0 Å². The third kappa shape index (κ3) is 6.33. The Morgan fingerprint density at radius 2 is 1.67 bits per heavy atom. The molecule has 0 saturated heterocycles. The summed E-state index contributed by atoms with van der Waals surface area (Å²) in [5.41, 5.74) is 1.09. The number of hydrogen-bond donors (Lipinski definition) is 1. The van der Waals surface area contributed by atoms with Gasteiger partial charge in [0.2, 0.25) is 0 Å². The van der Waals surface area contributed by atoms with E-state index in [1.54, 1.807) is 7.11 Å². The second kappa shape index (κ2) is 11.1. The number of nitrogens with zero attached hydrogens (tertiary/aromatic N) is 4. The van der Waals surface area contributed by atoms with Crippen LogP contribution in [0.1, 0.15) is 22.3 Å². The normalized spacial score (nSPS) is 12.6. The van der Waals surface area contributed by atoms with Crippen molar-refractivity contribution in [3.63, 3.8) is 0 Å². The van der Waals surface area contributed by atoms with E-state index in [-0.39, 0.29) is 18.7 Å². The van der Waals surface area contributed by atoms with Gasteiger partial charge in [-0.3, -0.25) is 4.90 Å². The molecule has 4 aromatic rings. The zero-order valence-corrected chi connectivity index (χ0v) is 20.0. The van der Waals surface area contributed by atoms with E-state index in [0.717, 1.165) is 34.6 Å². The summed E-state index contributed by atoms with van der Waals surface area (Å²) in [5, 5.41) is 15.5. The number of ether oxygens (including phenoxy) is 1. The molecule has 184 valence electrons. The van der Waals surface area contributed by atoms with Gasteiger partial charge in [0.05, 0.1) is 13.7 Å². The summed E-state index contributed by atoms with van der Waals surface area (Å²) in [6, 6.07) is 18.5. The van der Waals surface area contributed by atoms with Gasteiger partial charge in [0, 0.05) is 35.8 Å². The lowest BCUT2D eigenvalue weighted by molar-refractivity contribution is -0.0175. The molecule has 8 heteroatoms. The predicted molar refractivity (Wildman–Crippen MR) is 132 cm³/mol. The maximum Gasteiger partial charge on any atom is 0.137 e. The Morgan fingerprint density at radius 3 is 2.25 bits per heavy atom. The Bertz CT molecular complexity index is 1350. The SMILES string of the molecule is COc1ccc(C#Cc2ccc(CN(C)CC(O)(Cn3cncn3)c3ccc(F)cc3F)cc2)cc1. The Morgan fingerprint density at radius 1 is 1.00 bits per heavy atom. The lowest BCUT2D eigenvalue weighted by Crippen LogP contribution is -2.43. The number of aliphatic hydroxyl groups is 1. The number of hydrogen-bond acceptors (Lipinski definition) is 5. The first-order chi connectivity index (χ1) is 17.3. The van der Waals surface area contributed by atoms with Crippen molar-refractivity contribution in [1.29, 1.82) is 0 Å². The summed E-state index contributed by atoms with van der Waals surface area (Å²) in [5.74, 6) is 5.53. The molecule has 0 aliphatic carbocycles. The lowest BCUT2D eigenvalue weighted by Gasteiger charge is -2.33. The highest BCUT2D eigenvalue weighted by Gasteiger charge is 2.34. The Kier molecular flexibility index (Phi) is 7.74. The second-order valence-electron chi connectivity index (χ2n) is 8.60. The first-order valence-corrected chi connectivity index (χ1v) is 11.3. The number of likely N-dealkylation sites (N-methyl/N-ethyl adjacent to an activating group) is 1. The van der Waals surface area contributed by atoms with Gasteiger partial charge in [0.15, 0.2) is 0 Å². The van der Waals surface area contributed by atoms with E-state index in [1.807, 2.05) is 60.5 Å². The van der Waals surface area contributed by atoms with Crippen molar-refractivity contribution in [3.05, 3.63) is 113 Å². The zero-order chi connectivity index (χ0) is 25.5. The molecule has 6 nitrogen and oxygen atoms in total. The van der Waals surface area contributed by atoms with Crippen LogP contribution in [0.15, 0.2) is 79.4 Å². The molecular weight excluding hydrogens is 462 g/mol. The Labute approximate surface area is 208 Å². The highest BCUT2D eigenvalue weighted by atomic mass is 19.1. The Hall–Kier alpha value is -4.06. The van der Waals surface area contributed by atoms with Crippen LogP contribution in [0.3, 0.4) is 0 Å². The van der Waals surface area contributed by atoms with E-state index < -0.39 is 17.2 Å². The van der Waals surface area contributed by atoms with E-state index >= 15 is 0 Å². The molecule has 1 N–H and O–H groups in total. The second-order valence-corrected chi connectivity index (χ2v) is 8.60. The number of methoxy groups -OCH3 is 1. The topological polar surface area (TPSA) is 63.4 Å². The van der Waals surface area contributed by atoms with Crippen LogP contribution in [-0.2, 0) is 18.7 Å². The third-order valence-electron chi connectivity index (χ3n) is 5.70. The molecule has 0 bridgehead atoms. The van der Waals surface area contributed by atoms with Crippen LogP contribution in [0.4, 0.5) is 8.78 Å². The molecule has 0 radical (unpaired) electrons. The highest BCUT2D eigenvalue weighted by Crippen LogP contribution is 2.28. The average molecular weight is 489 g/mol. The van der Waals surface area contributed by atoms with Crippen molar-refractivity contribution in [3.8, 4) is 17.6 Å². The maximum absolute atomic E-state index is 14.6. The van der Waals surface area contributed by atoms with Gasteiger partial charge < -0.3 is 9.84 Å². The molecule has 36 heavy (non-hydrogen) atoms. The molecule has 3 aromatic carbocycles. The fourth-order valence-corrected chi connectivity index (χ4v) is 4.00. The van der Waals surface area contributed by atoms with Crippen LogP contribution >= 0.6 is 0 Å². The van der Waals surface area contributed by atoms with Gasteiger partial charge in [-0.25, -0.2) is 18.4 Å². The minimum absolute atomic E-state index is 0.00426. The van der Waals surface area contributed by atoms with E-state index in [1.165, 1.54) is 23.4 Å². The average Bonchev–Trinajstić information content (AvgIpc) is 3.36. The number of benzene rings is 3. The summed E-state index contributed by atoms with van der Waals surface area (Å²) in [6.07, 6.45) is 2.78. The standard InChI is InChI=1S/C28H26F2N4O2/c1-33(16-23-7-5-21(6-8-23)3-4-22-9-12-25(36-2)13-10-22)17-28(35,18-34-20-31-19-32-34)26-14-11-24(29)15-27(26)30/h5-15,19-20,35H,16-18H2,1-2H3. The maximum atomic E-state index is 14.6. The predicted octanol–water partition coefficient (Wildman–Crippen LogP) is 3.98. The fraction of sp³-hybridized carbons (Fsp3) is 0.214. The molecule has 1 unspecified atom stereocenters. The van der Waals surface area contributed by atoms with Crippen LogP contribution < -0.4 is 4.74 Å². The first kappa shape index (κ1) is 25.0. The van der Waals surface area contributed by atoms with Gasteiger partial charge in [0.1, 0.15) is 35.6 Å². The smallest absolute Gasteiger partial charge is 0.137 e. The van der Waals surface area contributed by atoms with Crippen molar-refractivity contribution in [1.82, 2.24) is 19.7 Å². The van der Waals surface area contributed by atoms with E-state index in [2.05, 4.69) is 21.9 Å². The van der Waals surface area contributed by atoms with Gasteiger partial charge >= 0.3 is 0 Å². The van der Waals surface area contributed by atoms with Crippen molar-refractivity contribution in [2.24, 2.45) is 0 Å². The molecule has 1 aromatic heterocycles. The van der Waals surface area contributed by atoms with Crippen molar-refractivity contribution in [2.75, 3.05) is 20.7 Å². The van der Waals surface area contributed by atoms with Crippen LogP contribution in [-0.4, -0.2) is 45.5 Å². The fourth-order valence-electron chi connectivity index (χ4n) is 4.00. The van der Waals surface area contributed by atoms with Crippen LogP contribution in [0.5, 0.6) is 5.75 Å². The highest BCUT2D eigenvalue weighted by molar-refractivity contribution is 5.44. The van der Waals surface area contributed by atoms with Gasteiger partial charge in [-0.15, -0.1) is 0 Å². The molecule has 0 saturated carbocycles. The zero-order valence-electron chi connectivity index (χ0n) is 20.0. The van der Waals surface area contributed by atoms with Crippen LogP contribution in [0.25, 0.3) is 0 Å². The van der Waals surface area contributed by atoms with Crippen molar-refractivity contribution >= 4 is 0 Å². The summed E-state index contributed by atoms with van der Waals surface area (Å²) < 4.78 is 34.7. The summed E-state index contributed by atoms with van der Waals surface area (Å²) in [6.45, 7) is 0.531. The molecule has 4 rings (SSSR count). The molecule has 0 fully saturated rings. The van der Waals surface area contributed by atoms with Gasteiger partial charge in [-0.1, -0.05) is 30.0 Å². The minimum Gasteiger partial charge on any atom is -0.497 e. The van der Waals surface area contributed by atoms with E-state index in [4.69, 9.17) is 4.74 Å². The third-order valence-corrected chi connectivity index (χ3v) is 5.70. The monoisotopic (exact) mass is 488 g/mol. The first-order valence-electron chi connectivity index (χ1n) is 11.3. The van der Waals surface area contributed by atoms with Crippen molar-refractivity contribution in [2.45, 2.75) is 18.7 Å². The quantitative estimate of drug-likeness (QED) is 0.380. The summed E-state index contributed by atoms with van der Waals surface area (Å²) in [7, 11) is 3.45. The van der Waals surface area contributed by atoms with E-state index in [9.17, 15) is 13.9 Å².